The lowest BCUT2D eigenvalue weighted by Gasteiger charge is -1.88. The number of fused-ring (bicyclic) bond motifs is 8. The first-order valence-electron chi connectivity index (χ1n) is 8.86. The van der Waals surface area contributed by atoms with Crippen LogP contribution in [0.25, 0.3) is 46.4 Å². The molecule has 0 aliphatic carbocycles. The van der Waals surface area contributed by atoms with Gasteiger partial charge in [0.15, 0.2) is 0 Å². The van der Waals surface area contributed by atoms with Crippen molar-refractivity contribution in [1.82, 2.24) is 19.9 Å². The summed E-state index contributed by atoms with van der Waals surface area (Å²) in [5, 5.41) is 23.3. The number of hydrogen-bond acceptors (Lipinski definition) is 6. The first-order valence-corrected chi connectivity index (χ1v) is 8.86. The van der Waals surface area contributed by atoms with Gasteiger partial charge in [-0.3, -0.25) is 20.2 Å². The molecule has 0 saturated carbocycles. The van der Waals surface area contributed by atoms with E-state index in [0.29, 0.717) is 22.8 Å². The first kappa shape index (κ1) is 17.5. The van der Waals surface area contributed by atoms with Crippen LogP contribution in [0, 0.1) is 20.2 Å². The summed E-state index contributed by atoms with van der Waals surface area (Å²) in [6.45, 7) is 0. The molecule has 2 aliphatic rings. The molecule has 10 nitrogen and oxygen atoms in total. The summed E-state index contributed by atoms with van der Waals surface area (Å²) >= 11 is 0. The highest BCUT2D eigenvalue weighted by Gasteiger charge is 2.31. The van der Waals surface area contributed by atoms with Gasteiger partial charge in [0, 0.05) is 11.0 Å². The molecule has 2 aliphatic heterocycles. The van der Waals surface area contributed by atoms with Gasteiger partial charge < -0.3 is 9.97 Å². The van der Waals surface area contributed by atoms with Crippen LogP contribution in [0.1, 0.15) is 22.8 Å². The van der Waals surface area contributed by atoms with Crippen LogP contribution in [0.5, 0.6) is 0 Å². The topological polar surface area (TPSA) is 144 Å². The smallest absolute Gasteiger partial charge is 0.355 e. The summed E-state index contributed by atoms with van der Waals surface area (Å²) in [6.07, 6.45) is 6.89. The molecule has 0 radical (unpaired) electrons. The molecule has 3 aromatic heterocycles. The molecule has 146 valence electrons. The van der Waals surface area contributed by atoms with Crippen molar-refractivity contribution >= 4 is 57.7 Å². The van der Waals surface area contributed by atoms with Gasteiger partial charge in [0.2, 0.25) is 0 Å². The summed E-state index contributed by atoms with van der Waals surface area (Å²) in [7, 11) is 0. The van der Waals surface area contributed by atoms with Gasteiger partial charge in [-0.25, -0.2) is 9.97 Å². The zero-order chi connectivity index (χ0) is 20.8. The molecule has 8 bridgehead atoms. The molecule has 0 spiro atoms. The molecule has 0 unspecified atom stereocenters. The van der Waals surface area contributed by atoms with Crippen molar-refractivity contribution in [2.24, 2.45) is 0 Å². The minimum atomic E-state index is -0.764. The lowest BCUT2D eigenvalue weighted by Crippen LogP contribution is -1.93. The number of hydrogen-bond donors (Lipinski definition) is 2. The summed E-state index contributed by atoms with van der Waals surface area (Å²) in [6, 6.07) is 10.3. The molecule has 5 rings (SSSR count). The van der Waals surface area contributed by atoms with Gasteiger partial charge in [0.05, 0.1) is 32.6 Å². The Morgan fingerprint density at radius 1 is 0.633 bits per heavy atom. The van der Waals surface area contributed by atoms with Gasteiger partial charge in [0.1, 0.15) is 11.0 Å². The highest BCUT2D eigenvalue weighted by atomic mass is 16.6. The monoisotopic (exact) mass is 400 g/mol. The van der Waals surface area contributed by atoms with Crippen LogP contribution < -0.4 is 0 Å². The Bertz CT molecular complexity index is 1360. The van der Waals surface area contributed by atoms with Crippen molar-refractivity contribution in [2.45, 2.75) is 0 Å². The maximum Gasteiger partial charge on any atom is 0.371 e. The van der Waals surface area contributed by atoms with Crippen LogP contribution in [0.3, 0.4) is 0 Å². The van der Waals surface area contributed by atoms with Gasteiger partial charge in [-0.1, -0.05) is 0 Å². The third kappa shape index (κ3) is 3.02. The number of aromatic nitrogens is 4. The van der Waals surface area contributed by atoms with Crippen LogP contribution in [0.2, 0.25) is 0 Å². The average molecular weight is 400 g/mol. The van der Waals surface area contributed by atoms with Crippen LogP contribution in [0.4, 0.5) is 11.4 Å². The summed E-state index contributed by atoms with van der Waals surface area (Å²) in [4.78, 5) is 36.6. The van der Waals surface area contributed by atoms with Crippen LogP contribution >= 0.6 is 0 Å². The molecule has 10 heteroatoms. The third-order valence-corrected chi connectivity index (χ3v) is 4.66. The molecule has 0 fully saturated rings. The normalized spacial score (nSPS) is 12.3. The van der Waals surface area contributed by atoms with E-state index in [9.17, 15) is 20.2 Å². The molecule has 0 amide bonds. The summed E-state index contributed by atoms with van der Waals surface area (Å²) in [5.74, 6) is 0. The molecule has 0 atom stereocenters. The number of nitro groups is 2. The molecule has 2 N–H and O–H groups in total. The van der Waals surface area contributed by atoms with E-state index in [1.54, 1.807) is 24.3 Å². The second kappa shape index (κ2) is 6.48. The molecule has 0 saturated heterocycles. The number of H-pyrrole nitrogens is 2. The fraction of sp³-hybridized carbons (Fsp3) is 0. The minimum absolute atomic E-state index is 0.00445. The Hall–Kier alpha value is -4.60. The van der Waals surface area contributed by atoms with Gasteiger partial charge in [0.25, 0.3) is 0 Å². The van der Waals surface area contributed by atoms with E-state index in [2.05, 4.69) is 19.9 Å². The Balaban J connectivity index is 1.94. The van der Waals surface area contributed by atoms with Crippen molar-refractivity contribution in [2.75, 3.05) is 0 Å². The number of rotatable bonds is 2. The predicted molar refractivity (Wildman–Crippen MR) is 112 cm³/mol. The average Bonchev–Trinajstić information content (AvgIpc) is 3.44. The molecule has 30 heavy (non-hydrogen) atoms. The highest BCUT2D eigenvalue weighted by molar-refractivity contribution is 5.90. The number of nitrogens with one attached hydrogen (secondary N) is 2. The van der Waals surface area contributed by atoms with E-state index < -0.39 is 21.2 Å². The first-order chi connectivity index (χ1) is 14.5. The van der Waals surface area contributed by atoms with Crippen molar-refractivity contribution in [3.8, 4) is 0 Å². The van der Waals surface area contributed by atoms with Crippen molar-refractivity contribution in [3.05, 3.63) is 79.4 Å². The second-order valence-electron chi connectivity index (χ2n) is 6.70. The molecular formula is C20H12N6O4. The van der Waals surface area contributed by atoms with E-state index in [1.807, 2.05) is 24.3 Å². The maximum atomic E-state index is 11.6. The lowest BCUT2D eigenvalue weighted by atomic mass is 10.3. The minimum Gasteiger partial charge on any atom is -0.355 e. The van der Waals surface area contributed by atoms with Gasteiger partial charge in [-0.05, 0) is 60.7 Å². The Kier molecular flexibility index (Phi) is 3.78. The molecule has 5 heterocycles. The molecule has 3 aromatic rings. The lowest BCUT2D eigenvalue weighted by molar-refractivity contribution is -0.419. The van der Waals surface area contributed by atoms with Gasteiger partial charge in [-0.2, -0.15) is 0 Å². The zero-order valence-corrected chi connectivity index (χ0v) is 15.2. The maximum absolute atomic E-state index is 11.6. The van der Waals surface area contributed by atoms with Gasteiger partial charge >= 0.3 is 11.4 Å². The largest absolute Gasteiger partial charge is 0.371 e. The quantitative estimate of drug-likeness (QED) is 0.330. The summed E-state index contributed by atoms with van der Waals surface area (Å²) in [5.41, 5.74) is 2.59. The third-order valence-electron chi connectivity index (χ3n) is 4.66. The van der Waals surface area contributed by atoms with Crippen LogP contribution in [-0.2, 0) is 0 Å². The van der Waals surface area contributed by atoms with Crippen molar-refractivity contribution in [1.29, 1.82) is 0 Å². The van der Waals surface area contributed by atoms with Crippen molar-refractivity contribution in [3.63, 3.8) is 0 Å². The van der Waals surface area contributed by atoms with Crippen molar-refractivity contribution < 1.29 is 9.85 Å². The van der Waals surface area contributed by atoms with E-state index in [1.165, 1.54) is 12.1 Å². The van der Waals surface area contributed by atoms with E-state index in [4.69, 9.17) is 0 Å². The fourth-order valence-corrected chi connectivity index (χ4v) is 3.42. The Morgan fingerprint density at radius 3 is 1.43 bits per heavy atom. The predicted octanol–water partition coefficient (Wildman–Crippen LogP) is 4.47. The second-order valence-corrected chi connectivity index (χ2v) is 6.70. The molecule has 0 aromatic carbocycles. The SMILES string of the molecule is O=[N+]([O-])c1c([N+](=O)[O-])c2cc3nc(cc4ccc(cc5nc(cc1[nH]2)C=C5)[nH]4)C=C3. The van der Waals surface area contributed by atoms with Crippen LogP contribution in [-0.4, -0.2) is 29.8 Å². The zero-order valence-electron chi connectivity index (χ0n) is 15.2. The highest BCUT2D eigenvalue weighted by Crippen LogP contribution is 2.36. The van der Waals surface area contributed by atoms with E-state index >= 15 is 0 Å². The molecular weight excluding hydrogens is 388 g/mol. The summed E-state index contributed by atoms with van der Waals surface area (Å²) < 4.78 is 0. The van der Waals surface area contributed by atoms with E-state index in [-0.39, 0.29) is 11.0 Å². The Morgan fingerprint density at radius 2 is 1.03 bits per heavy atom. The fourth-order valence-electron chi connectivity index (χ4n) is 3.42. The van der Waals surface area contributed by atoms with Crippen LogP contribution in [0.15, 0.2) is 36.4 Å². The number of nitrogens with zero attached hydrogens (tertiary/aromatic N) is 4. The number of aromatic amines is 2. The standard InChI is InChI=1S/C20H12N6O4/c27-25(28)19-17-9-15-5-3-13(22-15)7-11-1-2-12(21-11)8-14-4-6-16(23-14)10-18(24-17)20(19)26(29)30/h1-10,21,24H. The van der Waals surface area contributed by atoms with E-state index in [0.717, 1.165) is 11.0 Å². The Labute approximate surface area is 167 Å². The van der Waals surface area contributed by atoms with Gasteiger partial charge in [-0.15, -0.1) is 0 Å².